The third-order valence-electron chi connectivity index (χ3n) is 5.04. The molecule has 148 valence electrons. The van der Waals surface area contributed by atoms with E-state index in [9.17, 15) is 9.59 Å². The van der Waals surface area contributed by atoms with Crippen molar-refractivity contribution in [1.82, 2.24) is 0 Å². The smallest absolute Gasteiger partial charge is 0.339 e. The van der Waals surface area contributed by atoms with E-state index in [0.29, 0.717) is 16.8 Å². The van der Waals surface area contributed by atoms with Gasteiger partial charge in [0, 0.05) is 11.3 Å². The topological polar surface area (TPSA) is 55.4 Å². The SMILES string of the molecule is Cc1ccc(C)c(NC(=O)[C@H](OC(=O)c2cccc(C)c2C)c2ccccc2)c1. The average Bonchev–Trinajstić information content (AvgIpc) is 2.71. The van der Waals surface area contributed by atoms with Gasteiger partial charge in [0.15, 0.2) is 0 Å². The zero-order valence-electron chi connectivity index (χ0n) is 17.2. The molecular formula is C25H25NO3. The molecule has 0 aliphatic carbocycles. The lowest BCUT2D eigenvalue weighted by Crippen LogP contribution is -2.26. The summed E-state index contributed by atoms with van der Waals surface area (Å²) in [5.74, 6) is -0.903. The van der Waals surface area contributed by atoms with Crippen molar-refractivity contribution in [2.24, 2.45) is 0 Å². The molecule has 3 aromatic carbocycles. The minimum Gasteiger partial charge on any atom is -0.444 e. The normalized spacial score (nSPS) is 11.6. The fourth-order valence-corrected chi connectivity index (χ4v) is 3.11. The van der Waals surface area contributed by atoms with Gasteiger partial charge in [-0.3, -0.25) is 4.79 Å². The Morgan fingerprint density at radius 3 is 2.28 bits per heavy atom. The minimum atomic E-state index is -1.05. The standard InChI is InChI=1S/C25H25NO3/c1-16-13-14-18(3)22(15-16)26-24(27)23(20-10-6-5-7-11-20)29-25(28)21-12-8-9-17(2)19(21)4/h5-15,23H,1-4H3,(H,26,27)/t23-/m1/s1. The van der Waals surface area contributed by atoms with Crippen LogP contribution in [0.3, 0.4) is 0 Å². The van der Waals surface area contributed by atoms with Crippen molar-refractivity contribution < 1.29 is 14.3 Å². The lowest BCUT2D eigenvalue weighted by molar-refractivity contribution is -0.125. The van der Waals surface area contributed by atoms with Crippen molar-refractivity contribution in [3.05, 3.63) is 100 Å². The fourth-order valence-electron chi connectivity index (χ4n) is 3.11. The van der Waals surface area contributed by atoms with E-state index in [1.54, 1.807) is 18.2 Å². The van der Waals surface area contributed by atoms with Gasteiger partial charge in [0.25, 0.3) is 5.91 Å². The lowest BCUT2D eigenvalue weighted by atomic mass is 10.0. The van der Waals surface area contributed by atoms with Crippen LogP contribution in [0.15, 0.2) is 66.7 Å². The number of esters is 1. The van der Waals surface area contributed by atoms with Gasteiger partial charge >= 0.3 is 5.97 Å². The third-order valence-corrected chi connectivity index (χ3v) is 5.04. The van der Waals surface area contributed by atoms with E-state index in [-0.39, 0.29) is 5.91 Å². The maximum Gasteiger partial charge on any atom is 0.339 e. The Balaban J connectivity index is 1.91. The summed E-state index contributed by atoms with van der Waals surface area (Å²) in [6.07, 6.45) is -1.05. The fraction of sp³-hybridized carbons (Fsp3) is 0.200. The number of anilines is 1. The molecule has 0 unspecified atom stereocenters. The van der Waals surface area contributed by atoms with E-state index in [1.165, 1.54) is 0 Å². The highest BCUT2D eigenvalue weighted by molar-refractivity contribution is 5.99. The first-order valence-corrected chi connectivity index (χ1v) is 9.57. The highest BCUT2D eigenvalue weighted by Gasteiger charge is 2.27. The Labute approximate surface area is 171 Å². The molecule has 1 atom stereocenters. The van der Waals surface area contributed by atoms with Crippen LogP contribution in [0.2, 0.25) is 0 Å². The summed E-state index contributed by atoms with van der Waals surface area (Å²) in [7, 11) is 0. The molecular weight excluding hydrogens is 362 g/mol. The molecule has 4 heteroatoms. The number of rotatable bonds is 5. The van der Waals surface area contributed by atoms with Gasteiger partial charge in [0.05, 0.1) is 5.56 Å². The monoisotopic (exact) mass is 387 g/mol. The number of carbonyl (C=O) groups excluding carboxylic acids is 2. The summed E-state index contributed by atoms with van der Waals surface area (Å²) >= 11 is 0. The molecule has 3 rings (SSSR count). The van der Waals surface area contributed by atoms with Gasteiger partial charge in [-0.2, -0.15) is 0 Å². The second-order valence-corrected chi connectivity index (χ2v) is 7.25. The summed E-state index contributed by atoms with van der Waals surface area (Å²) in [5.41, 5.74) is 5.61. The molecule has 0 spiro atoms. The molecule has 1 amide bonds. The van der Waals surface area contributed by atoms with Crippen LogP contribution in [-0.2, 0) is 9.53 Å². The van der Waals surface area contributed by atoms with E-state index in [0.717, 1.165) is 22.3 Å². The summed E-state index contributed by atoms with van der Waals surface area (Å²) in [5, 5.41) is 2.92. The van der Waals surface area contributed by atoms with Gasteiger partial charge in [-0.1, -0.05) is 54.6 Å². The average molecular weight is 387 g/mol. The first-order chi connectivity index (χ1) is 13.9. The van der Waals surface area contributed by atoms with Gasteiger partial charge in [0.1, 0.15) is 0 Å². The predicted molar refractivity (Wildman–Crippen MR) is 115 cm³/mol. The van der Waals surface area contributed by atoms with Crippen molar-refractivity contribution in [3.8, 4) is 0 Å². The van der Waals surface area contributed by atoms with Crippen LogP contribution in [0.1, 0.15) is 44.3 Å². The predicted octanol–water partition coefficient (Wildman–Crippen LogP) is 5.46. The molecule has 29 heavy (non-hydrogen) atoms. The molecule has 3 aromatic rings. The van der Waals surface area contributed by atoms with Crippen molar-refractivity contribution in [1.29, 1.82) is 0 Å². The maximum absolute atomic E-state index is 13.1. The molecule has 0 aliphatic heterocycles. The number of hydrogen-bond acceptors (Lipinski definition) is 3. The van der Waals surface area contributed by atoms with E-state index < -0.39 is 12.1 Å². The molecule has 0 bridgehead atoms. The highest BCUT2D eigenvalue weighted by Crippen LogP contribution is 2.25. The first kappa shape index (κ1) is 20.3. The number of ether oxygens (including phenoxy) is 1. The molecule has 0 aromatic heterocycles. The minimum absolute atomic E-state index is 0.386. The van der Waals surface area contributed by atoms with Crippen LogP contribution in [0.25, 0.3) is 0 Å². The second-order valence-electron chi connectivity index (χ2n) is 7.25. The Kier molecular flexibility index (Phi) is 6.13. The molecule has 0 saturated heterocycles. The highest BCUT2D eigenvalue weighted by atomic mass is 16.5. The van der Waals surface area contributed by atoms with Gasteiger partial charge < -0.3 is 10.1 Å². The van der Waals surface area contributed by atoms with E-state index in [1.807, 2.05) is 76.2 Å². The number of benzene rings is 3. The van der Waals surface area contributed by atoms with Crippen molar-refractivity contribution in [3.63, 3.8) is 0 Å². The van der Waals surface area contributed by atoms with Crippen LogP contribution < -0.4 is 5.32 Å². The lowest BCUT2D eigenvalue weighted by Gasteiger charge is -2.20. The van der Waals surface area contributed by atoms with Gasteiger partial charge in [-0.15, -0.1) is 0 Å². The zero-order valence-corrected chi connectivity index (χ0v) is 17.2. The molecule has 0 aliphatic rings. The Morgan fingerprint density at radius 2 is 1.55 bits per heavy atom. The van der Waals surface area contributed by atoms with Gasteiger partial charge in [-0.25, -0.2) is 4.79 Å². The number of carbonyl (C=O) groups is 2. The van der Waals surface area contributed by atoms with Crippen molar-refractivity contribution in [2.75, 3.05) is 5.32 Å². The summed E-state index contributed by atoms with van der Waals surface area (Å²) < 4.78 is 5.71. The molecule has 4 nitrogen and oxygen atoms in total. The van der Waals surface area contributed by atoms with E-state index in [2.05, 4.69) is 5.32 Å². The number of amides is 1. The summed E-state index contributed by atoms with van der Waals surface area (Å²) in [6.45, 7) is 7.70. The molecule has 1 N–H and O–H groups in total. The number of nitrogens with one attached hydrogen (secondary N) is 1. The van der Waals surface area contributed by atoms with Crippen molar-refractivity contribution >= 4 is 17.6 Å². The van der Waals surface area contributed by atoms with E-state index in [4.69, 9.17) is 4.74 Å². The van der Waals surface area contributed by atoms with Gasteiger partial charge in [-0.05, 0) is 62.1 Å². The number of hydrogen-bond donors (Lipinski definition) is 1. The Bertz CT molecular complexity index is 1040. The molecule has 0 fully saturated rings. The first-order valence-electron chi connectivity index (χ1n) is 9.57. The Hall–Kier alpha value is -3.40. The molecule has 0 radical (unpaired) electrons. The Morgan fingerprint density at radius 1 is 0.828 bits per heavy atom. The van der Waals surface area contributed by atoms with Crippen LogP contribution in [0, 0.1) is 27.7 Å². The van der Waals surface area contributed by atoms with Crippen LogP contribution in [-0.4, -0.2) is 11.9 Å². The van der Waals surface area contributed by atoms with Crippen LogP contribution in [0.5, 0.6) is 0 Å². The third kappa shape index (κ3) is 4.72. The molecule has 0 saturated carbocycles. The summed E-state index contributed by atoms with van der Waals surface area (Å²) in [6, 6.07) is 20.4. The van der Waals surface area contributed by atoms with Gasteiger partial charge in [0.2, 0.25) is 6.10 Å². The number of aryl methyl sites for hydroxylation is 3. The van der Waals surface area contributed by atoms with E-state index >= 15 is 0 Å². The largest absolute Gasteiger partial charge is 0.444 e. The van der Waals surface area contributed by atoms with Crippen LogP contribution in [0.4, 0.5) is 5.69 Å². The zero-order chi connectivity index (χ0) is 21.0. The second kappa shape index (κ2) is 8.74. The summed E-state index contributed by atoms with van der Waals surface area (Å²) in [4.78, 5) is 26.0. The van der Waals surface area contributed by atoms with Crippen LogP contribution >= 0.6 is 0 Å². The van der Waals surface area contributed by atoms with Crippen molar-refractivity contribution in [2.45, 2.75) is 33.8 Å². The quantitative estimate of drug-likeness (QED) is 0.592. The molecule has 0 heterocycles. The maximum atomic E-state index is 13.1.